The maximum absolute atomic E-state index is 11.3. The zero-order chi connectivity index (χ0) is 13.7. The Morgan fingerprint density at radius 1 is 1.05 bits per heavy atom. The molecule has 0 amide bonds. The van der Waals surface area contributed by atoms with Crippen LogP contribution in [0.2, 0.25) is 0 Å². The maximum Gasteiger partial charge on any atom is 0.169 e. The zero-order valence-corrected chi connectivity index (χ0v) is 11.3. The van der Waals surface area contributed by atoms with Crippen LogP contribution >= 0.6 is 0 Å². The van der Waals surface area contributed by atoms with Gasteiger partial charge in [0.25, 0.3) is 0 Å². The predicted molar refractivity (Wildman–Crippen MR) is 76.5 cm³/mol. The first-order valence-electron chi connectivity index (χ1n) is 6.46. The van der Waals surface area contributed by atoms with Gasteiger partial charge in [-0.15, -0.1) is 0 Å². The minimum absolute atomic E-state index is 0.0366. The zero-order valence-electron chi connectivity index (χ0n) is 11.3. The molecule has 0 bridgehead atoms. The lowest BCUT2D eigenvalue weighted by Crippen LogP contribution is -2.21. The largest absolute Gasteiger partial charge is 0.483 e. The lowest BCUT2D eigenvalue weighted by Gasteiger charge is -2.15. The Balaban J connectivity index is 2.19. The van der Waals surface area contributed by atoms with E-state index >= 15 is 0 Å². The molecule has 0 radical (unpaired) electrons. The van der Waals surface area contributed by atoms with Crippen LogP contribution in [0.25, 0.3) is 0 Å². The Hall–Kier alpha value is -2.09. The second-order valence-corrected chi connectivity index (χ2v) is 4.64. The molecule has 0 saturated carbocycles. The highest BCUT2D eigenvalue weighted by molar-refractivity contribution is 5.80. The number of carbonyl (C=O) groups excluding carboxylic acids is 1. The standard InChI is InChI=1S/C17H18O2/c1-13(18)14(2)19-17-11-7-6-10-16(17)12-15-8-4-3-5-9-15/h3-11,14H,12H2,1-2H3/t14-/m0/s1. The molecule has 19 heavy (non-hydrogen) atoms. The molecule has 2 nitrogen and oxygen atoms in total. The van der Waals surface area contributed by atoms with Gasteiger partial charge in [0.2, 0.25) is 0 Å². The minimum atomic E-state index is -0.406. The number of carbonyl (C=O) groups is 1. The Morgan fingerprint density at radius 2 is 1.68 bits per heavy atom. The molecule has 0 aliphatic heterocycles. The molecular formula is C17H18O2. The summed E-state index contributed by atoms with van der Waals surface area (Å²) in [6.45, 7) is 3.33. The third kappa shape index (κ3) is 3.68. The lowest BCUT2D eigenvalue weighted by molar-refractivity contribution is -0.122. The second kappa shape index (κ2) is 6.19. The molecule has 2 aromatic rings. The van der Waals surface area contributed by atoms with E-state index in [9.17, 15) is 4.79 Å². The number of Topliss-reactive ketones (excluding diaryl/α,β-unsaturated/α-hetero) is 1. The molecule has 2 aromatic carbocycles. The molecule has 0 saturated heterocycles. The third-order valence-corrected chi connectivity index (χ3v) is 3.09. The number of ether oxygens (including phenoxy) is 1. The van der Waals surface area contributed by atoms with Gasteiger partial charge in [-0.2, -0.15) is 0 Å². The Labute approximate surface area is 114 Å². The van der Waals surface area contributed by atoms with E-state index in [1.807, 2.05) is 42.5 Å². The molecular weight excluding hydrogens is 236 g/mol. The first-order valence-corrected chi connectivity index (χ1v) is 6.46. The molecule has 0 N–H and O–H groups in total. The number of benzene rings is 2. The minimum Gasteiger partial charge on any atom is -0.483 e. The summed E-state index contributed by atoms with van der Waals surface area (Å²) >= 11 is 0. The van der Waals surface area contributed by atoms with Gasteiger partial charge in [-0.3, -0.25) is 4.79 Å². The van der Waals surface area contributed by atoms with Gasteiger partial charge in [0, 0.05) is 6.42 Å². The van der Waals surface area contributed by atoms with Crippen molar-refractivity contribution in [3.63, 3.8) is 0 Å². The fraction of sp³-hybridized carbons (Fsp3) is 0.235. The molecule has 0 fully saturated rings. The molecule has 2 heteroatoms. The van der Waals surface area contributed by atoms with Gasteiger partial charge in [0.15, 0.2) is 11.9 Å². The topological polar surface area (TPSA) is 26.3 Å². The number of hydrogen-bond acceptors (Lipinski definition) is 2. The van der Waals surface area contributed by atoms with Crippen LogP contribution in [0.3, 0.4) is 0 Å². The van der Waals surface area contributed by atoms with E-state index in [4.69, 9.17) is 4.74 Å². The first-order chi connectivity index (χ1) is 9.16. The van der Waals surface area contributed by atoms with Crippen LogP contribution < -0.4 is 4.74 Å². The highest BCUT2D eigenvalue weighted by Gasteiger charge is 2.11. The van der Waals surface area contributed by atoms with Gasteiger partial charge in [-0.25, -0.2) is 0 Å². The quantitative estimate of drug-likeness (QED) is 0.814. The van der Waals surface area contributed by atoms with E-state index in [2.05, 4.69) is 12.1 Å². The van der Waals surface area contributed by atoms with Gasteiger partial charge < -0.3 is 4.74 Å². The molecule has 0 spiro atoms. The van der Waals surface area contributed by atoms with Crippen LogP contribution in [0.5, 0.6) is 5.75 Å². The molecule has 0 aliphatic carbocycles. The molecule has 98 valence electrons. The summed E-state index contributed by atoms with van der Waals surface area (Å²) in [7, 11) is 0. The van der Waals surface area contributed by atoms with E-state index in [0.717, 1.165) is 17.7 Å². The monoisotopic (exact) mass is 254 g/mol. The van der Waals surface area contributed by atoms with Crippen LogP contribution in [-0.2, 0) is 11.2 Å². The van der Waals surface area contributed by atoms with Crippen molar-refractivity contribution in [3.8, 4) is 5.75 Å². The van der Waals surface area contributed by atoms with E-state index in [1.54, 1.807) is 13.8 Å². The Bertz CT molecular complexity index is 546. The third-order valence-electron chi connectivity index (χ3n) is 3.09. The van der Waals surface area contributed by atoms with Gasteiger partial charge in [-0.1, -0.05) is 48.5 Å². The SMILES string of the molecule is CC(=O)[C@H](C)Oc1ccccc1Cc1ccccc1. The lowest BCUT2D eigenvalue weighted by atomic mass is 10.0. The number of hydrogen-bond donors (Lipinski definition) is 0. The number of ketones is 1. The summed E-state index contributed by atoms with van der Waals surface area (Å²) in [4.78, 5) is 11.3. The van der Waals surface area contributed by atoms with Crippen molar-refractivity contribution in [1.82, 2.24) is 0 Å². The Kier molecular flexibility index (Phi) is 4.35. The Morgan fingerprint density at radius 3 is 2.37 bits per heavy atom. The van der Waals surface area contributed by atoms with E-state index in [-0.39, 0.29) is 5.78 Å². The van der Waals surface area contributed by atoms with Gasteiger partial charge >= 0.3 is 0 Å². The summed E-state index contributed by atoms with van der Waals surface area (Å²) in [5.74, 6) is 0.823. The highest BCUT2D eigenvalue weighted by Crippen LogP contribution is 2.22. The van der Waals surface area contributed by atoms with Crippen molar-refractivity contribution in [3.05, 3.63) is 65.7 Å². The molecule has 0 heterocycles. The van der Waals surface area contributed by atoms with E-state index in [1.165, 1.54) is 5.56 Å². The van der Waals surface area contributed by atoms with Crippen molar-refractivity contribution >= 4 is 5.78 Å². The number of rotatable bonds is 5. The molecule has 0 unspecified atom stereocenters. The van der Waals surface area contributed by atoms with E-state index in [0.29, 0.717) is 0 Å². The summed E-state index contributed by atoms with van der Waals surface area (Å²) in [6.07, 6.45) is 0.402. The summed E-state index contributed by atoms with van der Waals surface area (Å²) in [6, 6.07) is 18.1. The van der Waals surface area contributed by atoms with Crippen LogP contribution in [0.4, 0.5) is 0 Å². The average Bonchev–Trinajstić information content (AvgIpc) is 2.42. The van der Waals surface area contributed by atoms with Crippen molar-refractivity contribution in [2.24, 2.45) is 0 Å². The number of para-hydroxylation sites is 1. The maximum atomic E-state index is 11.3. The van der Waals surface area contributed by atoms with Crippen LogP contribution in [0.15, 0.2) is 54.6 Å². The predicted octanol–water partition coefficient (Wildman–Crippen LogP) is 3.63. The van der Waals surface area contributed by atoms with Crippen molar-refractivity contribution in [2.45, 2.75) is 26.4 Å². The fourth-order valence-corrected chi connectivity index (χ4v) is 1.85. The second-order valence-electron chi connectivity index (χ2n) is 4.64. The average molecular weight is 254 g/mol. The van der Waals surface area contributed by atoms with Crippen molar-refractivity contribution < 1.29 is 9.53 Å². The molecule has 2 rings (SSSR count). The van der Waals surface area contributed by atoms with Crippen LogP contribution in [-0.4, -0.2) is 11.9 Å². The summed E-state index contributed by atoms with van der Waals surface area (Å²) < 4.78 is 5.73. The van der Waals surface area contributed by atoms with Crippen LogP contribution in [0, 0.1) is 0 Å². The fourth-order valence-electron chi connectivity index (χ4n) is 1.85. The summed E-state index contributed by atoms with van der Waals surface area (Å²) in [5.41, 5.74) is 2.33. The highest BCUT2D eigenvalue weighted by atomic mass is 16.5. The molecule has 0 aromatic heterocycles. The molecule has 0 aliphatic rings. The van der Waals surface area contributed by atoms with Crippen molar-refractivity contribution in [1.29, 1.82) is 0 Å². The normalized spacial score (nSPS) is 11.9. The smallest absolute Gasteiger partial charge is 0.169 e. The van der Waals surface area contributed by atoms with Gasteiger partial charge in [-0.05, 0) is 31.0 Å². The van der Waals surface area contributed by atoms with Crippen molar-refractivity contribution in [2.75, 3.05) is 0 Å². The summed E-state index contributed by atoms with van der Waals surface area (Å²) in [5, 5.41) is 0. The van der Waals surface area contributed by atoms with E-state index < -0.39 is 6.10 Å². The first kappa shape index (κ1) is 13.3. The van der Waals surface area contributed by atoms with Crippen LogP contribution in [0.1, 0.15) is 25.0 Å². The van der Waals surface area contributed by atoms with Gasteiger partial charge in [0.05, 0.1) is 0 Å². The van der Waals surface area contributed by atoms with Gasteiger partial charge in [0.1, 0.15) is 5.75 Å². The molecule has 1 atom stereocenters.